The van der Waals surface area contributed by atoms with Crippen LogP contribution in [0.1, 0.15) is 17.3 Å². The highest BCUT2D eigenvalue weighted by atomic mass is 16.4. The monoisotopic (exact) mass is 265 g/mol. The Bertz CT molecular complexity index is 514. The average Bonchev–Trinajstić information content (AvgIpc) is 2.30. The molecule has 0 spiro atoms. The topological polar surface area (TPSA) is 108 Å². The minimum absolute atomic E-state index is 0.0759. The van der Waals surface area contributed by atoms with E-state index in [2.05, 4.69) is 16.0 Å². The van der Waals surface area contributed by atoms with E-state index >= 15 is 0 Å². The minimum atomic E-state index is -1.19. The highest BCUT2D eigenvalue weighted by molar-refractivity contribution is 6.02. The number of likely N-dealkylation sites (N-methyl/N-ethyl adjacent to an activating group) is 1. The maximum Gasteiger partial charge on any atom is 0.337 e. The molecule has 0 bridgehead atoms. The summed E-state index contributed by atoms with van der Waals surface area (Å²) in [5, 5.41) is 16.7. The van der Waals surface area contributed by atoms with Gasteiger partial charge in [0.2, 0.25) is 11.8 Å². The van der Waals surface area contributed by atoms with Gasteiger partial charge in [-0.1, -0.05) is 0 Å². The fourth-order valence-corrected chi connectivity index (χ4v) is 1.47. The Labute approximate surface area is 110 Å². The molecule has 2 amide bonds. The van der Waals surface area contributed by atoms with Crippen molar-refractivity contribution in [3.8, 4) is 0 Å². The van der Waals surface area contributed by atoms with Crippen molar-refractivity contribution < 1.29 is 19.5 Å². The van der Waals surface area contributed by atoms with Crippen LogP contribution in [-0.4, -0.2) is 36.5 Å². The molecule has 102 valence electrons. The number of aromatic carboxylic acids is 1. The van der Waals surface area contributed by atoms with Crippen LogP contribution in [0, 0.1) is 0 Å². The van der Waals surface area contributed by atoms with Crippen LogP contribution >= 0.6 is 0 Å². The SMILES string of the molecule is CNCC(=O)Nc1ccc(NC(C)=O)cc1C(=O)O. The predicted octanol–water partition coefficient (Wildman–Crippen LogP) is 0.501. The second kappa shape index (κ2) is 6.50. The molecule has 0 aliphatic heterocycles. The van der Waals surface area contributed by atoms with E-state index in [0.717, 1.165) is 0 Å². The maximum atomic E-state index is 11.4. The number of carboxylic acids is 1. The Morgan fingerprint density at radius 3 is 2.42 bits per heavy atom. The summed E-state index contributed by atoms with van der Waals surface area (Å²) in [4.78, 5) is 33.4. The van der Waals surface area contributed by atoms with Gasteiger partial charge in [-0.2, -0.15) is 0 Å². The fraction of sp³-hybridized carbons (Fsp3) is 0.250. The largest absolute Gasteiger partial charge is 0.478 e. The van der Waals surface area contributed by atoms with Gasteiger partial charge in [-0.3, -0.25) is 9.59 Å². The quantitative estimate of drug-likeness (QED) is 0.620. The number of amides is 2. The van der Waals surface area contributed by atoms with Gasteiger partial charge >= 0.3 is 5.97 Å². The Morgan fingerprint density at radius 2 is 1.89 bits per heavy atom. The fourth-order valence-electron chi connectivity index (χ4n) is 1.47. The highest BCUT2D eigenvalue weighted by Gasteiger charge is 2.13. The molecular weight excluding hydrogens is 250 g/mol. The molecule has 0 saturated heterocycles. The van der Waals surface area contributed by atoms with Crippen LogP contribution in [0.5, 0.6) is 0 Å². The summed E-state index contributed by atoms with van der Waals surface area (Å²) in [5.41, 5.74) is 0.453. The lowest BCUT2D eigenvalue weighted by molar-refractivity contribution is -0.115. The Morgan fingerprint density at radius 1 is 1.21 bits per heavy atom. The number of benzene rings is 1. The summed E-state index contributed by atoms with van der Waals surface area (Å²) in [6.07, 6.45) is 0. The van der Waals surface area contributed by atoms with Crippen molar-refractivity contribution in [2.45, 2.75) is 6.92 Å². The van der Waals surface area contributed by atoms with Gasteiger partial charge in [-0.15, -0.1) is 0 Å². The number of nitrogens with one attached hydrogen (secondary N) is 3. The lowest BCUT2D eigenvalue weighted by Crippen LogP contribution is -2.26. The zero-order valence-electron chi connectivity index (χ0n) is 10.6. The molecule has 7 heteroatoms. The number of carbonyl (C=O) groups excluding carboxylic acids is 2. The van der Waals surface area contributed by atoms with Gasteiger partial charge in [0.05, 0.1) is 17.8 Å². The number of carbonyl (C=O) groups is 3. The van der Waals surface area contributed by atoms with Crippen molar-refractivity contribution in [3.63, 3.8) is 0 Å². The molecule has 0 fully saturated rings. The second-order valence-corrected chi connectivity index (χ2v) is 3.83. The standard InChI is InChI=1S/C12H15N3O4/c1-7(16)14-8-3-4-10(9(5-8)12(18)19)15-11(17)6-13-2/h3-5,13H,6H2,1-2H3,(H,14,16)(H,15,17)(H,18,19). The van der Waals surface area contributed by atoms with Crippen LogP contribution in [0.3, 0.4) is 0 Å². The van der Waals surface area contributed by atoms with E-state index in [0.29, 0.717) is 5.69 Å². The number of rotatable bonds is 5. The summed E-state index contributed by atoms with van der Waals surface area (Å²) in [6, 6.07) is 4.24. The van der Waals surface area contributed by atoms with E-state index in [-0.39, 0.29) is 29.6 Å². The Hall–Kier alpha value is -2.41. The van der Waals surface area contributed by atoms with E-state index in [1.54, 1.807) is 7.05 Å². The van der Waals surface area contributed by atoms with Gasteiger partial charge in [0.25, 0.3) is 0 Å². The van der Waals surface area contributed by atoms with Gasteiger partial charge in [-0.05, 0) is 25.2 Å². The van der Waals surface area contributed by atoms with Crippen molar-refractivity contribution in [3.05, 3.63) is 23.8 Å². The average molecular weight is 265 g/mol. The van der Waals surface area contributed by atoms with Gasteiger partial charge in [0.15, 0.2) is 0 Å². The molecule has 0 saturated carbocycles. The van der Waals surface area contributed by atoms with Crippen molar-refractivity contribution in [2.75, 3.05) is 24.2 Å². The van der Waals surface area contributed by atoms with Crippen LogP contribution in [0.25, 0.3) is 0 Å². The zero-order valence-corrected chi connectivity index (χ0v) is 10.6. The lowest BCUT2D eigenvalue weighted by Gasteiger charge is -2.10. The van der Waals surface area contributed by atoms with Crippen LogP contribution < -0.4 is 16.0 Å². The zero-order chi connectivity index (χ0) is 14.4. The third-order valence-electron chi connectivity index (χ3n) is 2.18. The molecule has 1 aromatic rings. The van der Waals surface area contributed by atoms with Crippen LogP contribution in [0.15, 0.2) is 18.2 Å². The van der Waals surface area contributed by atoms with Crippen molar-refractivity contribution >= 4 is 29.2 Å². The van der Waals surface area contributed by atoms with Crippen molar-refractivity contribution in [1.29, 1.82) is 0 Å². The van der Waals surface area contributed by atoms with Gasteiger partial charge in [0.1, 0.15) is 0 Å². The van der Waals surface area contributed by atoms with Gasteiger partial charge < -0.3 is 21.1 Å². The summed E-state index contributed by atoms with van der Waals surface area (Å²) in [5.74, 6) is -1.84. The predicted molar refractivity (Wildman–Crippen MR) is 70.3 cm³/mol. The van der Waals surface area contributed by atoms with Crippen molar-refractivity contribution in [2.24, 2.45) is 0 Å². The smallest absolute Gasteiger partial charge is 0.337 e. The molecule has 0 aromatic heterocycles. The summed E-state index contributed by atoms with van der Waals surface area (Å²) < 4.78 is 0. The normalized spacial score (nSPS) is 9.79. The molecule has 0 aliphatic rings. The van der Waals surface area contributed by atoms with Crippen LogP contribution in [0.4, 0.5) is 11.4 Å². The minimum Gasteiger partial charge on any atom is -0.478 e. The lowest BCUT2D eigenvalue weighted by atomic mass is 10.1. The molecule has 0 radical (unpaired) electrons. The maximum absolute atomic E-state index is 11.4. The van der Waals surface area contributed by atoms with E-state index in [1.807, 2.05) is 0 Å². The Balaban J connectivity index is 3.01. The first-order valence-electron chi connectivity index (χ1n) is 5.53. The summed E-state index contributed by atoms with van der Waals surface area (Å²) in [7, 11) is 1.61. The molecule has 0 heterocycles. The van der Waals surface area contributed by atoms with E-state index in [4.69, 9.17) is 5.11 Å². The van der Waals surface area contributed by atoms with E-state index in [1.165, 1.54) is 25.1 Å². The second-order valence-electron chi connectivity index (χ2n) is 3.83. The third kappa shape index (κ3) is 4.40. The van der Waals surface area contributed by atoms with Gasteiger partial charge in [0, 0.05) is 12.6 Å². The first kappa shape index (κ1) is 14.7. The first-order chi connectivity index (χ1) is 8.93. The molecular formula is C12H15N3O4. The number of hydrogen-bond donors (Lipinski definition) is 4. The van der Waals surface area contributed by atoms with Crippen molar-refractivity contribution in [1.82, 2.24) is 5.32 Å². The molecule has 0 unspecified atom stereocenters. The molecule has 7 nitrogen and oxygen atoms in total. The summed E-state index contributed by atoms with van der Waals surface area (Å²) in [6.45, 7) is 1.40. The van der Waals surface area contributed by atoms with Gasteiger partial charge in [-0.25, -0.2) is 4.79 Å². The molecule has 1 rings (SSSR count). The third-order valence-corrected chi connectivity index (χ3v) is 2.18. The highest BCUT2D eigenvalue weighted by Crippen LogP contribution is 2.20. The molecule has 0 atom stereocenters. The van der Waals surface area contributed by atoms with Crippen LogP contribution in [-0.2, 0) is 9.59 Å². The summed E-state index contributed by atoms with van der Waals surface area (Å²) >= 11 is 0. The van der Waals surface area contributed by atoms with Crippen LogP contribution in [0.2, 0.25) is 0 Å². The number of carboxylic acid groups (broad SMARTS) is 1. The van der Waals surface area contributed by atoms with E-state index in [9.17, 15) is 14.4 Å². The molecule has 4 N–H and O–H groups in total. The van der Waals surface area contributed by atoms with E-state index < -0.39 is 5.97 Å². The number of hydrogen-bond acceptors (Lipinski definition) is 4. The first-order valence-corrected chi connectivity index (χ1v) is 5.53. The number of anilines is 2. The Kier molecular flexibility index (Phi) is 5.01. The molecule has 0 aliphatic carbocycles. The molecule has 1 aromatic carbocycles. The molecule has 19 heavy (non-hydrogen) atoms.